The fourth-order valence-electron chi connectivity index (χ4n) is 3.50. The van der Waals surface area contributed by atoms with Gasteiger partial charge in [0, 0.05) is 30.2 Å². The SMILES string of the molecule is CC(C)(C)N=c1oc2c(c3ccccc13)CC1(CC2)OCCO1. The molecule has 1 aromatic carbocycles. The zero-order valence-corrected chi connectivity index (χ0v) is 14.0. The minimum atomic E-state index is -0.450. The average Bonchev–Trinajstić information content (AvgIpc) is 2.95. The summed E-state index contributed by atoms with van der Waals surface area (Å²) in [4.78, 5) is 4.79. The summed E-state index contributed by atoms with van der Waals surface area (Å²) in [6.45, 7) is 7.63. The first kappa shape index (κ1) is 14.9. The minimum absolute atomic E-state index is 0.173. The van der Waals surface area contributed by atoms with E-state index in [4.69, 9.17) is 18.9 Å². The van der Waals surface area contributed by atoms with Crippen LogP contribution >= 0.6 is 0 Å². The molecule has 2 heterocycles. The number of hydrogen-bond donors (Lipinski definition) is 0. The Morgan fingerprint density at radius 2 is 1.74 bits per heavy atom. The molecule has 4 heteroatoms. The maximum Gasteiger partial charge on any atom is 0.222 e. The van der Waals surface area contributed by atoms with Gasteiger partial charge in [-0.1, -0.05) is 18.2 Å². The van der Waals surface area contributed by atoms with Crippen LogP contribution in [0.2, 0.25) is 0 Å². The maximum absolute atomic E-state index is 6.21. The standard InChI is InChI=1S/C19H23NO3/c1-18(2,3)20-17-14-7-5-4-6-13(14)15-12-19(21-10-11-22-19)9-8-16(15)23-17/h4-7H,8-12H2,1-3H3. The molecular weight excluding hydrogens is 290 g/mol. The van der Waals surface area contributed by atoms with E-state index in [2.05, 4.69) is 39.0 Å². The monoisotopic (exact) mass is 313 g/mol. The molecule has 0 amide bonds. The molecule has 0 atom stereocenters. The van der Waals surface area contributed by atoms with Gasteiger partial charge >= 0.3 is 0 Å². The van der Waals surface area contributed by atoms with Crippen LogP contribution in [-0.2, 0) is 22.3 Å². The van der Waals surface area contributed by atoms with Crippen LogP contribution < -0.4 is 5.55 Å². The summed E-state index contributed by atoms with van der Waals surface area (Å²) in [5, 5.41) is 2.27. The van der Waals surface area contributed by atoms with E-state index in [9.17, 15) is 0 Å². The maximum atomic E-state index is 6.21. The molecule has 1 spiro atoms. The summed E-state index contributed by atoms with van der Waals surface area (Å²) < 4.78 is 18.0. The second kappa shape index (κ2) is 5.18. The lowest BCUT2D eigenvalue weighted by Crippen LogP contribution is -2.37. The quantitative estimate of drug-likeness (QED) is 0.749. The first-order valence-corrected chi connectivity index (χ1v) is 8.33. The molecule has 1 saturated heterocycles. The molecule has 122 valence electrons. The van der Waals surface area contributed by atoms with E-state index in [1.165, 1.54) is 10.9 Å². The van der Waals surface area contributed by atoms with Crippen molar-refractivity contribution < 1.29 is 13.9 Å². The predicted octanol–water partition coefficient (Wildman–Crippen LogP) is 3.36. The lowest BCUT2D eigenvalue weighted by atomic mass is 9.88. The van der Waals surface area contributed by atoms with Crippen LogP contribution in [0.1, 0.15) is 38.5 Å². The molecule has 0 N–H and O–H groups in total. The van der Waals surface area contributed by atoms with Crippen molar-refractivity contribution in [2.75, 3.05) is 13.2 Å². The summed E-state index contributed by atoms with van der Waals surface area (Å²) in [5.74, 6) is 0.574. The smallest absolute Gasteiger partial charge is 0.222 e. The van der Waals surface area contributed by atoms with Crippen molar-refractivity contribution >= 4 is 10.8 Å². The Bertz CT molecular complexity index is 807. The van der Waals surface area contributed by atoms with Crippen molar-refractivity contribution in [3.05, 3.63) is 41.1 Å². The van der Waals surface area contributed by atoms with Crippen molar-refractivity contribution in [3.8, 4) is 0 Å². The van der Waals surface area contributed by atoms with Gasteiger partial charge in [0.15, 0.2) is 5.79 Å². The van der Waals surface area contributed by atoms with E-state index in [1.807, 2.05) is 6.07 Å². The Hall–Kier alpha value is -1.65. The van der Waals surface area contributed by atoms with Crippen molar-refractivity contribution in [3.63, 3.8) is 0 Å². The predicted molar refractivity (Wildman–Crippen MR) is 88.2 cm³/mol. The lowest BCUT2D eigenvalue weighted by molar-refractivity contribution is -0.164. The summed E-state index contributed by atoms with van der Waals surface area (Å²) in [7, 11) is 0. The average molecular weight is 313 g/mol. The van der Waals surface area contributed by atoms with Gasteiger partial charge in [-0.25, -0.2) is 4.99 Å². The molecule has 1 aliphatic heterocycles. The molecule has 0 radical (unpaired) electrons. The van der Waals surface area contributed by atoms with Gasteiger partial charge in [-0.15, -0.1) is 0 Å². The lowest BCUT2D eigenvalue weighted by Gasteiger charge is -2.32. The molecule has 1 aliphatic carbocycles. The van der Waals surface area contributed by atoms with Gasteiger partial charge in [0.2, 0.25) is 5.55 Å². The molecule has 0 unspecified atom stereocenters. The number of ether oxygens (including phenoxy) is 2. The van der Waals surface area contributed by atoms with Crippen LogP contribution in [0.5, 0.6) is 0 Å². The molecule has 4 nitrogen and oxygen atoms in total. The second-order valence-corrected chi connectivity index (χ2v) is 7.42. The number of fused-ring (bicyclic) bond motifs is 3. The Kier molecular flexibility index (Phi) is 3.36. The number of hydrogen-bond acceptors (Lipinski definition) is 4. The summed E-state index contributed by atoms with van der Waals surface area (Å²) >= 11 is 0. The Balaban J connectivity index is 1.93. The fourth-order valence-corrected chi connectivity index (χ4v) is 3.50. The van der Waals surface area contributed by atoms with E-state index in [0.717, 1.165) is 36.0 Å². The highest BCUT2D eigenvalue weighted by atomic mass is 16.7. The number of nitrogens with zero attached hydrogens (tertiary/aromatic N) is 1. The van der Waals surface area contributed by atoms with Crippen LogP contribution in [0.3, 0.4) is 0 Å². The minimum Gasteiger partial charge on any atom is -0.443 e. The molecule has 2 aromatic rings. The molecule has 1 aromatic heterocycles. The highest BCUT2D eigenvalue weighted by Crippen LogP contribution is 2.37. The van der Waals surface area contributed by atoms with Crippen molar-refractivity contribution in [1.82, 2.24) is 0 Å². The molecule has 0 saturated carbocycles. The van der Waals surface area contributed by atoms with E-state index >= 15 is 0 Å². The van der Waals surface area contributed by atoms with Gasteiger partial charge in [0.25, 0.3) is 0 Å². The van der Waals surface area contributed by atoms with Crippen LogP contribution in [0.4, 0.5) is 0 Å². The second-order valence-electron chi connectivity index (χ2n) is 7.42. The summed E-state index contributed by atoms with van der Waals surface area (Å²) in [5.41, 5.74) is 1.77. The third-order valence-corrected chi connectivity index (χ3v) is 4.47. The molecule has 1 fully saturated rings. The van der Waals surface area contributed by atoms with Gasteiger partial charge < -0.3 is 13.9 Å². The molecule has 0 bridgehead atoms. The normalized spacial score (nSPS) is 21.1. The van der Waals surface area contributed by atoms with Crippen molar-refractivity contribution in [2.24, 2.45) is 4.99 Å². The van der Waals surface area contributed by atoms with E-state index in [-0.39, 0.29) is 5.54 Å². The van der Waals surface area contributed by atoms with Crippen molar-refractivity contribution in [1.29, 1.82) is 0 Å². The Morgan fingerprint density at radius 3 is 2.43 bits per heavy atom. The first-order valence-electron chi connectivity index (χ1n) is 8.33. The van der Waals surface area contributed by atoms with Gasteiger partial charge in [-0.3, -0.25) is 0 Å². The largest absolute Gasteiger partial charge is 0.443 e. The third kappa shape index (κ3) is 2.70. The number of benzene rings is 1. The zero-order valence-electron chi connectivity index (χ0n) is 14.0. The topological polar surface area (TPSA) is 44.0 Å². The van der Waals surface area contributed by atoms with Gasteiger partial charge in [-0.2, -0.15) is 0 Å². The van der Waals surface area contributed by atoms with Gasteiger partial charge in [0.05, 0.1) is 18.8 Å². The molecule has 2 aliphatic rings. The van der Waals surface area contributed by atoms with Gasteiger partial charge in [-0.05, 0) is 32.2 Å². The molecule has 4 rings (SSSR count). The Labute approximate surface area is 136 Å². The van der Waals surface area contributed by atoms with Crippen LogP contribution in [-0.4, -0.2) is 24.5 Å². The summed E-state index contributed by atoms with van der Waals surface area (Å²) in [6.07, 6.45) is 2.42. The summed E-state index contributed by atoms with van der Waals surface area (Å²) in [6, 6.07) is 8.34. The van der Waals surface area contributed by atoms with E-state index in [0.29, 0.717) is 13.2 Å². The highest BCUT2D eigenvalue weighted by molar-refractivity contribution is 5.85. The molecule has 23 heavy (non-hydrogen) atoms. The number of rotatable bonds is 0. The number of aryl methyl sites for hydroxylation is 1. The van der Waals surface area contributed by atoms with Crippen molar-refractivity contribution in [2.45, 2.75) is 51.4 Å². The van der Waals surface area contributed by atoms with Crippen LogP contribution in [0, 0.1) is 0 Å². The first-order chi connectivity index (χ1) is 11.0. The fraction of sp³-hybridized carbons (Fsp3) is 0.526. The van der Waals surface area contributed by atoms with E-state index < -0.39 is 5.79 Å². The van der Waals surface area contributed by atoms with E-state index in [1.54, 1.807) is 0 Å². The van der Waals surface area contributed by atoms with Crippen LogP contribution in [0.15, 0.2) is 33.7 Å². The van der Waals surface area contributed by atoms with Crippen LogP contribution in [0.25, 0.3) is 10.8 Å². The zero-order chi connectivity index (χ0) is 16.1. The highest BCUT2D eigenvalue weighted by Gasteiger charge is 2.41. The Morgan fingerprint density at radius 1 is 1.04 bits per heavy atom. The van der Waals surface area contributed by atoms with Gasteiger partial charge in [0.1, 0.15) is 5.76 Å². The molecular formula is C19H23NO3. The third-order valence-electron chi connectivity index (χ3n) is 4.47.